The second-order valence-corrected chi connectivity index (χ2v) is 9.47. The molecule has 4 aromatic rings. The summed E-state index contributed by atoms with van der Waals surface area (Å²) in [5.41, 5.74) is 3.93. The van der Waals surface area contributed by atoms with Crippen molar-refractivity contribution in [2.75, 3.05) is 36.5 Å². The first-order valence-electron chi connectivity index (χ1n) is 11.7. The molecule has 3 aromatic carbocycles. The molecule has 1 aromatic heterocycles. The lowest BCUT2D eigenvalue weighted by atomic mass is 10.1. The van der Waals surface area contributed by atoms with E-state index in [0.29, 0.717) is 59.7 Å². The van der Waals surface area contributed by atoms with Gasteiger partial charge in [-0.2, -0.15) is 0 Å². The maximum absolute atomic E-state index is 12.9. The number of nitro benzene ring substituents is 1. The summed E-state index contributed by atoms with van der Waals surface area (Å²) in [4.78, 5) is 30.5. The zero-order valence-corrected chi connectivity index (χ0v) is 21.8. The van der Waals surface area contributed by atoms with Crippen LogP contribution in [0.15, 0.2) is 59.0 Å². The van der Waals surface area contributed by atoms with E-state index in [-0.39, 0.29) is 16.4 Å². The minimum atomic E-state index is -0.597. The van der Waals surface area contributed by atoms with Gasteiger partial charge >= 0.3 is 0 Å². The first-order valence-corrected chi connectivity index (χ1v) is 12.5. The van der Waals surface area contributed by atoms with E-state index in [2.05, 4.69) is 15.6 Å². The highest BCUT2D eigenvalue weighted by Crippen LogP contribution is 2.32. The number of rotatable bonds is 5. The second-order valence-electron chi connectivity index (χ2n) is 8.65. The molecule has 0 spiro atoms. The van der Waals surface area contributed by atoms with Crippen molar-refractivity contribution in [1.82, 2.24) is 10.3 Å². The van der Waals surface area contributed by atoms with Crippen molar-refractivity contribution >= 4 is 63.0 Å². The fourth-order valence-corrected chi connectivity index (χ4v) is 4.49. The predicted molar refractivity (Wildman–Crippen MR) is 149 cm³/mol. The van der Waals surface area contributed by atoms with Crippen LogP contribution in [0, 0.1) is 17.0 Å². The van der Waals surface area contributed by atoms with Crippen molar-refractivity contribution in [3.8, 4) is 11.5 Å². The van der Waals surface area contributed by atoms with Crippen LogP contribution in [0.4, 0.5) is 17.1 Å². The lowest BCUT2D eigenvalue weighted by molar-refractivity contribution is -0.384. The molecule has 2 heterocycles. The number of ether oxygens (including phenoxy) is 1. The van der Waals surface area contributed by atoms with Gasteiger partial charge in [-0.05, 0) is 67.2 Å². The molecule has 0 unspecified atom stereocenters. The number of hydrogen-bond donors (Lipinski definition) is 2. The second kappa shape index (κ2) is 10.7. The van der Waals surface area contributed by atoms with Crippen LogP contribution in [-0.4, -0.2) is 47.2 Å². The van der Waals surface area contributed by atoms with Crippen LogP contribution in [0.3, 0.4) is 0 Å². The Bertz CT molecular complexity index is 1570. The highest BCUT2D eigenvalue weighted by atomic mass is 35.5. The Balaban J connectivity index is 1.31. The number of nitrogens with zero attached hydrogens (tertiary/aromatic N) is 3. The van der Waals surface area contributed by atoms with Crippen molar-refractivity contribution in [3.63, 3.8) is 0 Å². The zero-order chi connectivity index (χ0) is 26.8. The molecule has 5 rings (SSSR count). The summed E-state index contributed by atoms with van der Waals surface area (Å²) in [6, 6.07) is 15.2. The van der Waals surface area contributed by atoms with E-state index in [1.807, 2.05) is 30.0 Å². The molecular weight excluding hydrogens is 530 g/mol. The summed E-state index contributed by atoms with van der Waals surface area (Å²) in [5.74, 6) is -0.186. The van der Waals surface area contributed by atoms with Crippen molar-refractivity contribution in [1.29, 1.82) is 0 Å². The largest absolute Gasteiger partial charge is 0.436 e. The van der Waals surface area contributed by atoms with Gasteiger partial charge in [0.15, 0.2) is 10.7 Å². The van der Waals surface area contributed by atoms with Crippen molar-refractivity contribution in [2.45, 2.75) is 6.92 Å². The summed E-state index contributed by atoms with van der Waals surface area (Å²) >= 11 is 11.7. The Hall–Kier alpha value is -4.06. The Morgan fingerprint density at radius 2 is 1.92 bits per heavy atom. The molecule has 38 heavy (non-hydrogen) atoms. The lowest BCUT2D eigenvalue weighted by Gasteiger charge is -2.28. The van der Waals surface area contributed by atoms with Gasteiger partial charge in [-0.15, -0.1) is 0 Å². The maximum atomic E-state index is 12.9. The van der Waals surface area contributed by atoms with Crippen LogP contribution in [0.25, 0.3) is 22.6 Å². The molecule has 1 fully saturated rings. The third-order valence-electron chi connectivity index (χ3n) is 6.02. The number of carbonyl (C=O) groups is 1. The summed E-state index contributed by atoms with van der Waals surface area (Å²) in [5, 5.41) is 17.5. The van der Waals surface area contributed by atoms with Gasteiger partial charge < -0.3 is 19.4 Å². The fraction of sp³-hybridized carbons (Fsp3) is 0.192. The molecule has 1 aliphatic rings. The molecule has 12 heteroatoms. The molecule has 194 valence electrons. The van der Waals surface area contributed by atoms with E-state index >= 15 is 0 Å². The zero-order valence-electron chi connectivity index (χ0n) is 20.2. The molecule has 1 amide bonds. The molecule has 1 aliphatic heterocycles. The summed E-state index contributed by atoms with van der Waals surface area (Å²) in [6.07, 6.45) is 0. The number of nitro groups is 1. The van der Waals surface area contributed by atoms with E-state index < -0.39 is 10.8 Å². The number of halogens is 1. The first kappa shape index (κ1) is 25.6. The number of morpholine rings is 1. The van der Waals surface area contributed by atoms with Gasteiger partial charge in [0.1, 0.15) is 11.2 Å². The van der Waals surface area contributed by atoms with Crippen LogP contribution >= 0.6 is 23.8 Å². The Morgan fingerprint density at radius 3 is 2.68 bits per heavy atom. The number of fused-ring (bicyclic) bond motifs is 1. The SMILES string of the molecule is Cc1ccc2oc(-c3ccc(Cl)c(NC(=S)NC(=O)c4ccc(N5CCOCC5)c([N+](=O)[O-])c4)c3)nc2c1. The predicted octanol–water partition coefficient (Wildman–Crippen LogP) is 5.33. The first-order chi connectivity index (χ1) is 18.3. The number of thiocarbonyl (C=S) groups is 1. The molecule has 2 N–H and O–H groups in total. The quantitative estimate of drug-likeness (QED) is 0.192. The monoisotopic (exact) mass is 551 g/mol. The number of amides is 1. The number of anilines is 2. The molecular formula is C26H22ClN5O5S. The van der Waals surface area contributed by atoms with E-state index in [9.17, 15) is 14.9 Å². The van der Waals surface area contributed by atoms with Crippen LogP contribution in [0.2, 0.25) is 5.02 Å². The number of oxazole rings is 1. The Kier molecular flexibility index (Phi) is 7.23. The third-order valence-corrected chi connectivity index (χ3v) is 6.55. The van der Waals surface area contributed by atoms with Crippen LogP contribution in [0.1, 0.15) is 15.9 Å². The lowest BCUT2D eigenvalue weighted by Crippen LogP contribution is -2.37. The summed E-state index contributed by atoms with van der Waals surface area (Å²) < 4.78 is 11.2. The smallest absolute Gasteiger partial charge is 0.293 e. The highest BCUT2D eigenvalue weighted by molar-refractivity contribution is 7.80. The van der Waals surface area contributed by atoms with E-state index in [1.54, 1.807) is 24.3 Å². The summed E-state index contributed by atoms with van der Waals surface area (Å²) in [6.45, 7) is 4.00. The minimum absolute atomic E-state index is 0.0258. The average Bonchev–Trinajstić information content (AvgIpc) is 3.33. The molecule has 0 radical (unpaired) electrons. The fourth-order valence-electron chi connectivity index (χ4n) is 4.13. The number of hydrogen-bond acceptors (Lipinski definition) is 8. The van der Waals surface area contributed by atoms with Gasteiger partial charge in [-0.1, -0.05) is 17.7 Å². The van der Waals surface area contributed by atoms with Gasteiger partial charge in [0.25, 0.3) is 11.6 Å². The molecule has 0 saturated carbocycles. The average molecular weight is 552 g/mol. The van der Waals surface area contributed by atoms with Gasteiger partial charge in [0.2, 0.25) is 5.89 Å². The van der Waals surface area contributed by atoms with Crippen LogP contribution in [0.5, 0.6) is 0 Å². The van der Waals surface area contributed by atoms with Gasteiger partial charge in [0, 0.05) is 30.3 Å². The molecule has 10 nitrogen and oxygen atoms in total. The number of aromatic nitrogens is 1. The van der Waals surface area contributed by atoms with Crippen LogP contribution in [-0.2, 0) is 4.74 Å². The van der Waals surface area contributed by atoms with Gasteiger partial charge in [0.05, 0.1) is 28.8 Å². The Morgan fingerprint density at radius 1 is 1.13 bits per heavy atom. The number of nitrogens with one attached hydrogen (secondary N) is 2. The standard InChI is InChI=1S/C26H22ClN5O5S/c1-15-2-7-23-20(12-15)28-25(37-23)17-3-5-18(27)19(13-17)29-26(38)30-24(33)16-4-6-21(22(14-16)32(34)35)31-8-10-36-11-9-31/h2-7,12-14H,8-11H2,1H3,(H2,29,30,33,38). The van der Waals surface area contributed by atoms with Crippen molar-refractivity contribution < 1.29 is 18.9 Å². The number of aryl methyl sites for hydroxylation is 1. The molecule has 0 bridgehead atoms. The molecule has 1 saturated heterocycles. The summed E-state index contributed by atoms with van der Waals surface area (Å²) in [7, 11) is 0. The number of carbonyl (C=O) groups excluding carboxylic acids is 1. The third kappa shape index (κ3) is 5.44. The molecule has 0 aliphatic carbocycles. The van der Waals surface area contributed by atoms with Gasteiger partial charge in [-0.25, -0.2) is 4.98 Å². The minimum Gasteiger partial charge on any atom is -0.436 e. The Labute approximate surface area is 227 Å². The molecule has 0 atom stereocenters. The normalized spacial score (nSPS) is 13.4. The van der Waals surface area contributed by atoms with Gasteiger partial charge in [-0.3, -0.25) is 20.2 Å². The van der Waals surface area contributed by atoms with E-state index in [1.165, 1.54) is 12.1 Å². The highest BCUT2D eigenvalue weighted by Gasteiger charge is 2.24. The van der Waals surface area contributed by atoms with E-state index in [4.69, 9.17) is 33.0 Å². The van der Waals surface area contributed by atoms with Crippen molar-refractivity contribution in [2.24, 2.45) is 0 Å². The topological polar surface area (TPSA) is 123 Å². The van der Waals surface area contributed by atoms with Crippen molar-refractivity contribution in [3.05, 3.63) is 80.9 Å². The maximum Gasteiger partial charge on any atom is 0.293 e. The number of benzene rings is 3. The van der Waals surface area contributed by atoms with E-state index in [0.717, 1.165) is 11.1 Å². The van der Waals surface area contributed by atoms with Crippen LogP contribution < -0.4 is 15.5 Å².